The van der Waals surface area contributed by atoms with Gasteiger partial charge in [-0.2, -0.15) is 5.10 Å². The van der Waals surface area contributed by atoms with E-state index in [1.807, 2.05) is 52.1 Å². The number of hydrogen-bond acceptors (Lipinski definition) is 6. The molecule has 32 heavy (non-hydrogen) atoms. The van der Waals surface area contributed by atoms with E-state index in [0.717, 1.165) is 43.4 Å². The summed E-state index contributed by atoms with van der Waals surface area (Å²) in [5, 5.41) is 5.14. The van der Waals surface area contributed by atoms with Crippen LogP contribution in [0.2, 0.25) is 0 Å². The Morgan fingerprint density at radius 3 is 2.41 bits per heavy atom. The highest BCUT2D eigenvalue weighted by Crippen LogP contribution is 2.35. The van der Waals surface area contributed by atoms with Crippen molar-refractivity contribution in [1.82, 2.24) is 29.6 Å². The Bertz CT molecular complexity index is 1270. The SMILES string of the molecule is Cc1nc(C(C)(C)C)nc2sc(C(=O)N(C)C(C)c3ccc(-n4cncn4)cc3)c(C)c12. The third-order valence-electron chi connectivity index (χ3n) is 5.80. The van der Waals surface area contributed by atoms with Gasteiger partial charge < -0.3 is 4.90 Å². The number of benzene rings is 1. The minimum Gasteiger partial charge on any atom is -0.334 e. The lowest BCUT2D eigenvalue weighted by Crippen LogP contribution is -2.29. The summed E-state index contributed by atoms with van der Waals surface area (Å²) in [7, 11) is 1.85. The molecule has 0 radical (unpaired) electrons. The van der Waals surface area contributed by atoms with Crippen molar-refractivity contribution in [3.05, 3.63) is 64.4 Å². The molecule has 8 heteroatoms. The molecule has 0 saturated carbocycles. The zero-order valence-electron chi connectivity index (χ0n) is 19.5. The van der Waals surface area contributed by atoms with E-state index in [1.165, 1.54) is 17.7 Å². The fraction of sp³-hybridized carbons (Fsp3) is 0.375. The Hall–Kier alpha value is -3.13. The fourth-order valence-electron chi connectivity index (χ4n) is 3.69. The van der Waals surface area contributed by atoms with Gasteiger partial charge >= 0.3 is 0 Å². The van der Waals surface area contributed by atoms with Gasteiger partial charge in [-0.1, -0.05) is 32.9 Å². The van der Waals surface area contributed by atoms with E-state index in [1.54, 1.807) is 15.9 Å². The summed E-state index contributed by atoms with van der Waals surface area (Å²) in [5.41, 5.74) is 3.71. The Balaban J connectivity index is 1.63. The summed E-state index contributed by atoms with van der Waals surface area (Å²) in [6.45, 7) is 12.3. The molecule has 3 heterocycles. The van der Waals surface area contributed by atoms with Crippen molar-refractivity contribution < 1.29 is 4.79 Å². The van der Waals surface area contributed by atoms with Gasteiger partial charge in [0.2, 0.25) is 0 Å². The van der Waals surface area contributed by atoms with Crippen LogP contribution in [-0.2, 0) is 5.41 Å². The van der Waals surface area contributed by atoms with Crippen molar-refractivity contribution in [2.45, 2.75) is 53.0 Å². The quantitative estimate of drug-likeness (QED) is 0.438. The number of thiophene rings is 1. The summed E-state index contributed by atoms with van der Waals surface area (Å²) in [6.07, 6.45) is 3.17. The highest BCUT2D eigenvalue weighted by atomic mass is 32.1. The molecule has 0 aliphatic carbocycles. The van der Waals surface area contributed by atoms with Gasteiger partial charge in [0.15, 0.2) is 0 Å². The molecule has 0 aliphatic rings. The molecular formula is C24H28N6OS. The van der Waals surface area contributed by atoms with Crippen LogP contribution in [0.3, 0.4) is 0 Å². The van der Waals surface area contributed by atoms with Gasteiger partial charge in [0.25, 0.3) is 5.91 Å². The van der Waals surface area contributed by atoms with Gasteiger partial charge in [-0.05, 0) is 44.0 Å². The van der Waals surface area contributed by atoms with Crippen molar-refractivity contribution in [1.29, 1.82) is 0 Å². The predicted octanol–water partition coefficient (Wildman–Crippen LogP) is 5.02. The average molecular weight is 449 g/mol. The van der Waals surface area contributed by atoms with Crippen molar-refractivity contribution in [3.8, 4) is 5.69 Å². The van der Waals surface area contributed by atoms with Gasteiger partial charge in [0.05, 0.1) is 22.3 Å². The molecule has 1 aromatic carbocycles. The number of fused-ring (bicyclic) bond motifs is 1. The summed E-state index contributed by atoms with van der Waals surface area (Å²) in [5.74, 6) is 0.798. The lowest BCUT2D eigenvalue weighted by molar-refractivity contribution is 0.0747. The van der Waals surface area contributed by atoms with Crippen LogP contribution in [0.25, 0.3) is 15.9 Å². The second-order valence-corrected chi connectivity index (χ2v) is 10.1. The van der Waals surface area contributed by atoms with Gasteiger partial charge in [-0.15, -0.1) is 11.3 Å². The highest BCUT2D eigenvalue weighted by Gasteiger charge is 2.26. The first-order valence-electron chi connectivity index (χ1n) is 10.6. The summed E-state index contributed by atoms with van der Waals surface area (Å²) >= 11 is 1.46. The maximum absolute atomic E-state index is 13.5. The van der Waals surface area contributed by atoms with Gasteiger partial charge in [0, 0.05) is 17.8 Å². The van der Waals surface area contributed by atoms with Gasteiger partial charge in [-0.25, -0.2) is 19.6 Å². The normalized spacial score (nSPS) is 12.8. The molecule has 3 aromatic heterocycles. The van der Waals surface area contributed by atoms with Crippen molar-refractivity contribution in [3.63, 3.8) is 0 Å². The van der Waals surface area contributed by atoms with Crippen molar-refractivity contribution in [2.75, 3.05) is 7.05 Å². The zero-order valence-corrected chi connectivity index (χ0v) is 20.4. The summed E-state index contributed by atoms with van der Waals surface area (Å²) < 4.78 is 1.71. The van der Waals surface area contributed by atoms with E-state index < -0.39 is 0 Å². The van der Waals surface area contributed by atoms with Crippen LogP contribution < -0.4 is 0 Å². The van der Waals surface area contributed by atoms with Crippen molar-refractivity contribution in [2.24, 2.45) is 0 Å². The first-order valence-corrected chi connectivity index (χ1v) is 11.4. The monoisotopic (exact) mass is 448 g/mol. The van der Waals surface area contributed by atoms with E-state index in [0.29, 0.717) is 0 Å². The molecule has 0 bridgehead atoms. The molecule has 4 rings (SSSR count). The first-order chi connectivity index (χ1) is 15.1. The zero-order chi connectivity index (χ0) is 23.2. The lowest BCUT2D eigenvalue weighted by atomic mass is 9.95. The fourth-order valence-corrected chi connectivity index (χ4v) is 4.90. The lowest BCUT2D eigenvalue weighted by Gasteiger charge is -2.25. The highest BCUT2D eigenvalue weighted by molar-refractivity contribution is 7.20. The van der Waals surface area contributed by atoms with Crippen LogP contribution in [0.5, 0.6) is 0 Å². The second kappa shape index (κ2) is 8.09. The topological polar surface area (TPSA) is 76.8 Å². The molecule has 0 fully saturated rings. The first kappa shape index (κ1) is 22.1. The minimum atomic E-state index is -0.148. The molecule has 1 atom stereocenters. The van der Waals surface area contributed by atoms with E-state index in [4.69, 9.17) is 9.97 Å². The van der Waals surface area contributed by atoms with Gasteiger partial charge in [-0.3, -0.25) is 4.79 Å². The predicted molar refractivity (Wildman–Crippen MR) is 127 cm³/mol. The number of hydrogen-bond donors (Lipinski definition) is 0. The molecule has 166 valence electrons. The third kappa shape index (κ3) is 3.90. The Kier molecular flexibility index (Phi) is 5.58. The second-order valence-electron chi connectivity index (χ2n) is 9.14. The van der Waals surface area contributed by atoms with E-state index in [-0.39, 0.29) is 17.4 Å². The van der Waals surface area contributed by atoms with Crippen LogP contribution in [0.4, 0.5) is 0 Å². The molecule has 0 aliphatic heterocycles. The van der Waals surface area contributed by atoms with Gasteiger partial charge in [0.1, 0.15) is 23.3 Å². The standard InChI is InChI=1S/C24H28N6OS/c1-14-19-15(2)27-23(24(4,5)6)28-21(19)32-20(14)22(31)29(7)16(3)17-8-10-18(11-9-17)30-13-25-12-26-30/h8-13,16H,1-7H3. The van der Waals surface area contributed by atoms with E-state index in [2.05, 4.69) is 30.9 Å². The van der Waals surface area contributed by atoms with Crippen LogP contribution in [0.1, 0.15) is 66.1 Å². The summed E-state index contributed by atoms with van der Waals surface area (Å²) in [4.78, 5) is 30.3. The number of amides is 1. The number of aromatic nitrogens is 5. The van der Waals surface area contributed by atoms with E-state index in [9.17, 15) is 4.79 Å². The molecular weight excluding hydrogens is 420 g/mol. The van der Waals surface area contributed by atoms with Crippen LogP contribution in [0, 0.1) is 13.8 Å². The van der Waals surface area contributed by atoms with E-state index >= 15 is 0 Å². The number of aryl methyl sites for hydroxylation is 2. The number of carbonyl (C=O) groups excluding carboxylic acids is 1. The van der Waals surface area contributed by atoms with Crippen LogP contribution in [0.15, 0.2) is 36.9 Å². The number of carbonyl (C=O) groups is 1. The Labute approximate surface area is 192 Å². The number of rotatable bonds is 4. The Morgan fingerprint density at radius 2 is 1.81 bits per heavy atom. The largest absolute Gasteiger partial charge is 0.334 e. The number of nitrogens with zero attached hydrogens (tertiary/aromatic N) is 6. The average Bonchev–Trinajstić information content (AvgIpc) is 3.40. The molecule has 0 N–H and O–H groups in total. The molecule has 0 spiro atoms. The minimum absolute atomic E-state index is 0.00457. The maximum atomic E-state index is 13.5. The maximum Gasteiger partial charge on any atom is 0.264 e. The molecule has 1 amide bonds. The summed E-state index contributed by atoms with van der Waals surface area (Å²) in [6, 6.07) is 7.92. The third-order valence-corrected chi connectivity index (χ3v) is 6.97. The van der Waals surface area contributed by atoms with Crippen LogP contribution >= 0.6 is 11.3 Å². The molecule has 1 unspecified atom stereocenters. The molecule has 7 nitrogen and oxygen atoms in total. The molecule has 0 saturated heterocycles. The van der Waals surface area contributed by atoms with Crippen LogP contribution in [-0.4, -0.2) is 42.6 Å². The van der Waals surface area contributed by atoms with Crippen molar-refractivity contribution >= 4 is 27.5 Å². The Morgan fingerprint density at radius 1 is 1.12 bits per heavy atom. The molecule has 4 aromatic rings. The smallest absolute Gasteiger partial charge is 0.264 e.